The second kappa shape index (κ2) is 8.97. The van der Waals surface area contributed by atoms with Crippen LogP contribution in [0, 0.1) is 0 Å². The van der Waals surface area contributed by atoms with Crippen molar-refractivity contribution in [3.63, 3.8) is 0 Å². The van der Waals surface area contributed by atoms with Crippen molar-refractivity contribution in [2.45, 2.75) is 63.7 Å². The number of hydrogen-bond acceptors (Lipinski definition) is 3. The standard InChI is InChI=1S/C29H31N5O2/c1-29(28(36)31-21-11-3-2-4-12-21)20-33-24-15-6-5-14-23(24)25(32-17-9-10-18-32)26(33)27(35)34(29)19-22-13-7-8-16-30-22/h5-10,13-18,21H,2-4,11-12,19-20H2,1H3,(H,31,36)/t29-/m1/s1. The highest BCUT2D eigenvalue weighted by Crippen LogP contribution is 2.38. The first-order valence-corrected chi connectivity index (χ1v) is 12.8. The van der Waals surface area contributed by atoms with Crippen LogP contribution in [0.1, 0.15) is 55.2 Å². The zero-order chi connectivity index (χ0) is 24.7. The average Bonchev–Trinajstić information content (AvgIpc) is 3.54. The van der Waals surface area contributed by atoms with Crippen LogP contribution in [0.5, 0.6) is 0 Å². The van der Waals surface area contributed by atoms with Gasteiger partial charge in [-0.25, -0.2) is 0 Å². The maximum atomic E-state index is 14.4. The molecule has 4 aromatic rings. The molecule has 2 amide bonds. The molecule has 1 N–H and O–H groups in total. The van der Waals surface area contributed by atoms with Crippen molar-refractivity contribution in [1.29, 1.82) is 0 Å². The Labute approximate surface area is 210 Å². The summed E-state index contributed by atoms with van der Waals surface area (Å²) in [7, 11) is 0. The maximum absolute atomic E-state index is 14.4. The predicted octanol–water partition coefficient (Wildman–Crippen LogP) is 4.69. The summed E-state index contributed by atoms with van der Waals surface area (Å²) in [5, 5.41) is 4.30. The van der Waals surface area contributed by atoms with E-state index in [0.29, 0.717) is 12.2 Å². The van der Waals surface area contributed by atoms with E-state index in [0.717, 1.165) is 48.0 Å². The highest BCUT2D eigenvalue weighted by molar-refractivity contribution is 6.08. The van der Waals surface area contributed by atoms with Gasteiger partial charge in [0.25, 0.3) is 5.91 Å². The first-order chi connectivity index (χ1) is 17.6. The van der Waals surface area contributed by atoms with E-state index in [9.17, 15) is 9.59 Å². The first kappa shape index (κ1) is 22.6. The van der Waals surface area contributed by atoms with E-state index in [2.05, 4.69) is 10.3 Å². The number of hydrogen-bond donors (Lipinski definition) is 1. The fourth-order valence-corrected chi connectivity index (χ4v) is 5.84. The number of nitrogens with zero attached hydrogens (tertiary/aromatic N) is 4. The van der Waals surface area contributed by atoms with Crippen LogP contribution in [0.25, 0.3) is 16.6 Å². The molecule has 36 heavy (non-hydrogen) atoms. The maximum Gasteiger partial charge on any atom is 0.274 e. The quantitative estimate of drug-likeness (QED) is 0.450. The number of amides is 2. The molecule has 0 bridgehead atoms. The summed E-state index contributed by atoms with van der Waals surface area (Å²) < 4.78 is 4.04. The number of fused-ring (bicyclic) bond motifs is 3. The van der Waals surface area contributed by atoms with Gasteiger partial charge in [0.05, 0.1) is 30.0 Å². The summed E-state index contributed by atoms with van der Waals surface area (Å²) in [6.07, 6.45) is 11.1. The van der Waals surface area contributed by atoms with E-state index in [1.165, 1.54) is 6.42 Å². The molecule has 1 aliphatic carbocycles. The largest absolute Gasteiger partial charge is 0.351 e. The van der Waals surface area contributed by atoms with Crippen LogP contribution in [-0.4, -0.2) is 42.4 Å². The molecule has 1 aliphatic heterocycles. The van der Waals surface area contributed by atoms with Crippen molar-refractivity contribution in [2.75, 3.05) is 0 Å². The minimum Gasteiger partial charge on any atom is -0.351 e. The molecule has 0 saturated heterocycles. The van der Waals surface area contributed by atoms with Crippen LogP contribution in [0.3, 0.4) is 0 Å². The Kier molecular flexibility index (Phi) is 5.63. The van der Waals surface area contributed by atoms with Gasteiger partial charge in [0.2, 0.25) is 5.91 Å². The highest BCUT2D eigenvalue weighted by Gasteiger charge is 2.49. The fraction of sp³-hybridized carbons (Fsp3) is 0.345. The van der Waals surface area contributed by atoms with Crippen molar-refractivity contribution in [3.8, 4) is 5.69 Å². The average molecular weight is 482 g/mol. The molecule has 2 aliphatic rings. The van der Waals surface area contributed by atoms with Gasteiger partial charge >= 0.3 is 0 Å². The molecule has 6 rings (SSSR count). The third kappa shape index (κ3) is 3.70. The zero-order valence-corrected chi connectivity index (χ0v) is 20.6. The lowest BCUT2D eigenvalue weighted by molar-refractivity contribution is -0.134. The minimum absolute atomic E-state index is 0.0929. The number of carbonyl (C=O) groups is 2. The van der Waals surface area contributed by atoms with E-state index in [1.54, 1.807) is 11.1 Å². The van der Waals surface area contributed by atoms with Crippen molar-refractivity contribution in [2.24, 2.45) is 0 Å². The monoisotopic (exact) mass is 481 g/mol. The number of carbonyl (C=O) groups excluding carboxylic acids is 2. The lowest BCUT2D eigenvalue weighted by Gasteiger charge is -2.45. The lowest BCUT2D eigenvalue weighted by atomic mass is 9.91. The molecule has 0 spiro atoms. The van der Waals surface area contributed by atoms with Crippen LogP contribution >= 0.6 is 0 Å². The Morgan fingerprint density at radius 2 is 1.78 bits per heavy atom. The van der Waals surface area contributed by atoms with Gasteiger partial charge in [-0.05, 0) is 50.1 Å². The van der Waals surface area contributed by atoms with Crippen molar-refractivity contribution >= 4 is 22.7 Å². The van der Waals surface area contributed by atoms with Crippen LogP contribution in [0.15, 0.2) is 73.2 Å². The Morgan fingerprint density at radius 3 is 2.53 bits per heavy atom. The van der Waals surface area contributed by atoms with Crippen molar-refractivity contribution in [3.05, 3.63) is 84.6 Å². The van der Waals surface area contributed by atoms with Gasteiger partial charge in [-0.15, -0.1) is 0 Å². The molecular formula is C29H31N5O2. The van der Waals surface area contributed by atoms with Gasteiger partial charge < -0.3 is 19.4 Å². The van der Waals surface area contributed by atoms with Crippen LogP contribution in [0.2, 0.25) is 0 Å². The zero-order valence-electron chi connectivity index (χ0n) is 20.6. The molecule has 4 heterocycles. The molecule has 1 aromatic carbocycles. The van der Waals surface area contributed by atoms with E-state index in [1.807, 2.05) is 83.0 Å². The van der Waals surface area contributed by atoms with Gasteiger partial charge in [-0.3, -0.25) is 14.6 Å². The number of rotatable bonds is 5. The number of benzene rings is 1. The SMILES string of the molecule is C[C@]1(C(=O)NC2CCCCC2)Cn2c(c(-n3cccc3)c3ccccc32)C(=O)N1Cc1ccccn1. The molecular weight excluding hydrogens is 450 g/mol. The highest BCUT2D eigenvalue weighted by atomic mass is 16.2. The normalized spacial score (nSPS) is 20.5. The Bertz CT molecular complexity index is 1400. The van der Waals surface area contributed by atoms with Gasteiger partial charge in [0.1, 0.15) is 11.2 Å². The summed E-state index contributed by atoms with van der Waals surface area (Å²) in [6.45, 7) is 2.54. The second-order valence-electron chi connectivity index (χ2n) is 10.2. The van der Waals surface area contributed by atoms with E-state index in [4.69, 9.17) is 0 Å². The molecule has 1 atom stereocenters. The van der Waals surface area contributed by atoms with E-state index in [-0.39, 0.29) is 24.4 Å². The molecule has 1 fully saturated rings. The van der Waals surface area contributed by atoms with E-state index >= 15 is 0 Å². The summed E-state index contributed by atoms with van der Waals surface area (Å²) in [6, 6.07) is 17.8. The lowest BCUT2D eigenvalue weighted by Crippen LogP contribution is -2.64. The number of pyridine rings is 1. The van der Waals surface area contributed by atoms with Gasteiger partial charge in [0.15, 0.2) is 0 Å². The summed E-state index contributed by atoms with van der Waals surface area (Å²) in [5.41, 5.74) is 2.11. The molecule has 184 valence electrons. The van der Waals surface area contributed by atoms with Crippen LogP contribution < -0.4 is 5.32 Å². The van der Waals surface area contributed by atoms with Crippen molar-refractivity contribution < 1.29 is 9.59 Å². The Balaban J connectivity index is 1.49. The minimum atomic E-state index is -1.06. The topological polar surface area (TPSA) is 72.2 Å². The molecule has 7 heteroatoms. The van der Waals surface area contributed by atoms with Crippen LogP contribution in [-0.2, 0) is 17.9 Å². The number of nitrogens with one attached hydrogen (secondary N) is 1. The number of para-hydroxylation sites is 1. The Hall–Kier alpha value is -3.87. The smallest absolute Gasteiger partial charge is 0.274 e. The molecule has 7 nitrogen and oxygen atoms in total. The molecule has 0 radical (unpaired) electrons. The summed E-state index contributed by atoms with van der Waals surface area (Å²) >= 11 is 0. The summed E-state index contributed by atoms with van der Waals surface area (Å²) in [4.78, 5) is 34.6. The predicted molar refractivity (Wildman–Crippen MR) is 139 cm³/mol. The van der Waals surface area contributed by atoms with Crippen molar-refractivity contribution in [1.82, 2.24) is 24.3 Å². The van der Waals surface area contributed by atoms with Gasteiger partial charge in [-0.2, -0.15) is 0 Å². The van der Waals surface area contributed by atoms with Crippen LogP contribution in [0.4, 0.5) is 0 Å². The molecule has 1 saturated carbocycles. The molecule has 3 aromatic heterocycles. The molecule has 0 unspecified atom stereocenters. The van der Waals surface area contributed by atoms with Gasteiger partial charge in [0, 0.05) is 30.0 Å². The summed E-state index contributed by atoms with van der Waals surface area (Å²) in [5.74, 6) is -0.252. The third-order valence-corrected chi connectivity index (χ3v) is 7.79. The van der Waals surface area contributed by atoms with Gasteiger partial charge in [-0.1, -0.05) is 43.5 Å². The Morgan fingerprint density at radius 1 is 1.03 bits per heavy atom. The third-order valence-electron chi connectivity index (χ3n) is 7.79. The first-order valence-electron chi connectivity index (χ1n) is 12.8. The van der Waals surface area contributed by atoms with E-state index < -0.39 is 5.54 Å². The fourth-order valence-electron chi connectivity index (χ4n) is 5.84. The number of aromatic nitrogens is 3. The second-order valence-corrected chi connectivity index (χ2v) is 10.2.